The second-order valence-corrected chi connectivity index (χ2v) is 7.56. The molecule has 0 saturated carbocycles. The number of likely N-dealkylation sites (N-methyl/N-ethyl adjacent to an activating group) is 1. The van der Waals surface area contributed by atoms with Gasteiger partial charge in [-0.1, -0.05) is 24.0 Å². The molecule has 1 atom stereocenters. The van der Waals surface area contributed by atoms with E-state index in [1.165, 1.54) is 18.1 Å². The fourth-order valence-corrected chi connectivity index (χ4v) is 3.31. The van der Waals surface area contributed by atoms with Gasteiger partial charge in [-0.05, 0) is 24.6 Å². The van der Waals surface area contributed by atoms with Crippen LogP contribution in [0.25, 0.3) is 17.2 Å². The molecule has 162 valence electrons. The molecule has 0 spiro atoms. The number of rotatable bonds is 3. The van der Waals surface area contributed by atoms with Crippen molar-refractivity contribution >= 4 is 11.9 Å². The number of carbonyl (C=O) groups excluding carboxylic acids is 2. The van der Waals surface area contributed by atoms with E-state index in [2.05, 4.69) is 26.9 Å². The van der Waals surface area contributed by atoms with Gasteiger partial charge in [-0.3, -0.25) is 4.79 Å². The van der Waals surface area contributed by atoms with Gasteiger partial charge >= 0.3 is 5.97 Å². The van der Waals surface area contributed by atoms with Gasteiger partial charge in [0.15, 0.2) is 17.3 Å². The van der Waals surface area contributed by atoms with Crippen LogP contribution in [0.5, 0.6) is 0 Å². The summed E-state index contributed by atoms with van der Waals surface area (Å²) in [5.74, 6) is 5.27. The highest BCUT2D eigenvalue weighted by Crippen LogP contribution is 2.22. The number of hydrogen-bond donors (Lipinski definition) is 1. The molecule has 1 unspecified atom stereocenters. The number of ether oxygens (including phenoxy) is 1. The van der Waals surface area contributed by atoms with E-state index in [4.69, 9.17) is 4.74 Å². The van der Waals surface area contributed by atoms with Crippen LogP contribution in [0, 0.1) is 18.8 Å². The Morgan fingerprint density at radius 2 is 2.09 bits per heavy atom. The molecular formula is C23H21N5O4. The SMILES string of the molecule is COC(=O)c1cc(-n2cc(C)cn2)nc(-c2cccc(C#CC3(O)CCN(C)C3=O)c2)n1. The minimum absolute atomic E-state index is 0.0889. The summed E-state index contributed by atoms with van der Waals surface area (Å²) in [6.07, 6.45) is 3.72. The number of aliphatic hydroxyl groups is 1. The Labute approximate surface area is 184 Å². The summed E-state index contributed by atoms with van der Waals surface area (Å²) in [5, 5.41) is 14.8. The average molecular weight is 431 g/mol. The van der Waals surface area contributed by atoms with Crippen LogP contribution in [0.2, 0.25) is 0 Å². The molecule has 3 aromatic rings. The molecule has 0 aliphatic carbocycles. The molecule has 1 aromatic carbocycles. The smallest absolute Gasteiger partial charge is 0.356 e. The first-order valence-electron chi connectivity index (χ1n) is 9.90. The lowest BCUT2D eigenvalue weighted by atomic mass is 10.0. The summed E-state index contributed by atoms with van der Waals surface area (Å²) in [4.78, 5) is 34.6. The number of likely N-dealkylation sites (tertiary alicyclic amines) is 1. The van der Waals surface area contributed by atoms with Crippen LogP contribution in [-0.2, 0) is 9.53 Å². The van der Waals surface area contributed by atoms with E-state index in [1.807, 2.05) is 6.92 Å². The number of carbonyl (C=O) groups is 2. The fourth-order valence-electron chi connectivity index (χ4n) is 3.31. The van der Waals surface area contributed by atoms with E-state index < -0.39 is 17.5 Å². The monoisotopic (exact) mass is 431 g/mol. The van der Waals surface area contributed by atoms with E-state index in [0.29, 0.717) is 23.5 Å². The quantitative estimate of drug-likeness (QED) is 0.493. The van der Waals surface area contributed by atoms with Crippen molar-refractivity contribution in [1.29, 1.82) is 0 Å². The summed E-state index contributed by atoms with van der Waals surface area (Å²) in [5.41, 5.74) is 0.520. The van der Waals surface area contributed by atoms with E-state index >= 15 is 0 Å². The number of aromatic nitrogens is 4. The van der Waals surface area contributed by atoms with Crippen molar-refractivity contribution in [2.45, 2.75) is 18.9 Å². The Balaban J connectivity index is 1.74. The number of nitrogens with zero attached hydrogens (tertiary/aromatic N) is 5. The van der Waals surface area contributed by atoms with Gasteiger partial charge in [0, 0.05) is 43.4 Å². The molecule has 0 radical (unpaired) electrons. The Hall–Kier alpha value is -4.03. The molecule has 32 heavy (non-hydrogen) atoms. The number of esters is 1. The van der Waals surface area contributed by atoms with E-state index in [1.54, 1.807) is 48.4 Å². The normalized spacial score (nSPS) is 17.8. The van der Waals surface area contributed by atoms with E-state index in [-0.39, 0.29) is 17.9 Å². The Morgan fingerprint density at radius 1 is 1.28 bits per heavy atom. The summed E-state index contributed by atoms with van der Waals surface area (Å²) < 4.78 is 6.38. The molecule has 9 heteroatoms. The van der Waals surface area contributed by atoms with E-state index in [0.717, 1.165) is 5.56 Å². The molecule has 0 bridgehead atoms. The standard InChI is InChI=1S/C23H21N5O4/c1-15-13-24-28(14-15)19-12-18(21(29)32-3)25-20(26-19)17-6-4-5-16(11-17)7-8-23(31)9-10-27(2)22(23)30/h4-6,11-14,31H,9-10H2,1-3H3. The summed E-state index contributed by atoms with van der Waals surface area (Å²) in [6, 6.07) is 8.53. The third kappa shape index (κ3) is 4.08. The average Bonchev–Trinajstić information content (AvgIpc) is 3.36. The molecule has 1 saturated heterocycles. The van der Waals surface area contributed by atoms with Gasteiger partial charge in [0.1, 0.15) is 0 Å². The predicted molar refractivity (Wildman–Crippen MR) is 115 cm³/mol. The van der Waals surface area contributed by atoms with Gasteiger partial charge in [-0.25, -0.2) is 19.4 Å². The molecule has 1 aliphatic heterocycles. The number of amides is 1. The molecule has 9 nitrogen and oxygen atoms in total. The molecule has 1 amide bonds. The van der Waals surface area contributed by atoms with Crippen molar-refractivity contribution in [2.75, 3.05) is 20.7 Å². The molecule has 1 aliphatic rings. The van der Waals surface area contributed by atoms with Crippen LogP contribution in [0.1, 0.15) is 28.0 Å². The number of hydrogen-bond acceptors (Lipinski definition) is 7. The first kappa shape index (κ1) is 21.2. The maximum absolute atomic E-state index is 12.2. The van der Waals surface area contributed by atoms with Crippen LogP contribution in [0.4, 0.5) is 0 Å². The molecule has 4 rings (SSSR count). The Bertz CT molecular complexity index is 1270. The summed E-state index contributed by atoms with van der Waals surface area (Å²) in [7, 11) is 2.91. The third-order valence-electron chi connectivity index (χ3n) is 5.10. The van der Waals surface area contributed by atoms with Crippen LogP contribution in [0.3, 0.4) is 0 Å². The van der Waals surface area contributed by atoms with Gasteiger partial charge in [-0.2, -0.15) is 5.10 Å². The highest BCUT2D eigenvalue weighted by molar-refractivity contribution is 5.90. The maximum Gasteiger partial charge on any atom is 0.356 e. The van der Waals surface area contributed by atoms with Crippen LogP contribution >= 0.6 is 0 Å². The van der Waals surface area contributed by atoms with Gasteiger partial charge in [0.25, 0.3) is 5.91 Å². The van der Waals surface area contributed by atoms with Crippen molar-refractivity contribution < 1.29 is 19.4 Å². The molecular weight excluding hydrogens is 410 g/mol. The van der Waals surface area contributed by atoms with Crippen molar-refractivity contribution in [3.63, 3.8) is 0 Å². The van der Waals surface area contributed by atoms with Gasteiger partial charge in [-0.15, -0.1) is 0 Å². The first-order chi connectivity index (χ1) is 15.3. The molecule has 3 heterocycles. The first-order valence-corrected chi connectivity index (χ1v) is 9.90. The third-order valence-corrected chi connectivity index (χ3v) is 5.10. The van der Waals surface area contributed by atoms with E-state index in [9.17, 15) is 14.7 Å². The zero-order chi connectivity index (χ0) is 22.9. The lowest BCUT2D eigenvalue weighted by molar-refractivity contribution is -0.137. The fraction of sp³-hybridized carbons (Fsp3) is 0.261. The minimum Gasteiger partial charge on any atom is -0.464 e. The molecule has 2 aromatic heterocycles. The molecule has 1 fully saturated rings. The van der Waals surface area contributed by atoms with Crippen LogP contribution in [0.15, 0.2) is 42.7 Å². The van der Waals surface area contributed by atoms with Gasteiger partial charge in [0.2, 0.25) is 5.60 Å². The molecule has 1 N–H and O–H groups in total. The van der Waals surface area contributed by atoms with Gasteiger partial charge in [0.05, 0.1) is 13.3 Å². The number of aryl methyl sites for hydroxylation is 1. The largest absolute Gasteiger partial charge is 0.464 e. The van der Waals surface area contributed by atoms with Crippen molar-refractivity contribution in [3.8, 4) is 29.0 Å². The Kier molecular flexibility index (Phi) is 5.47. The lowest BCUT2D eigenvalue weighted by Gasteiger charge is -2.13. The second kappa shape index (κ2) is 8.24. The minimum atomic E-state index is -1.68. The van der Waals surface area contributed by atoms with Crippen molar-refractivity contribution in [1.82, 2.24) is 24.6 Å². The zero-order valence-corrected chi connectivity index (χ0v) is 17.9. The summed E-state index contributed by atoms with van der Waals surface area (Å²) in [6.45, 7) is 2.35. The van der Waals surface area contributed by atoms with Crippen LogP contribution < -0.4 is 0 Å². The maximum atomic E-state index is 12.2. The highest BCUT2D eigenvalue weighted by Gasteiger charge is 2.42. The number of benzene rings is 1. The highest BCUT2D eigenvalue weighted by atomic mass is 16.5. The van der Waals surface area contributed by atoms with Crippen molar-refractivity contribution in [2.24, 2.45) is 0 Å². The lowest BCUT2D eigenvalue weighted by Crippen LogP contribution is -2.37. The van der Waals surface area contributed by atoms with Gasteiger partial charge < -0.3 is 14.7 Å². The zero-order valence-electron chi connectivity index (χ0n) is 17.9. The summed E-state index contributed by atoms with van der Waals surface area (Å²) >= 11 is 0. The predicted octanol–water partition coefficient (Wildman–Crippen LogP) is 1.37. The topological polar surface area (TPSA) is 110 Å². The van der Waals surface area contributed by atoms with Crippen LogP contribution in [-0.4, -0.2) is 67.9 Å². The van der Waals surface area contributed by atoms with Crippen molar-refractivity contribution in [3.05, 3.63) is 59.5 Å². The second-order valence-electron chi connectivity index (χ2n) is 7.56. The number of methoxy groups -OCH3 is 1. The Morgan fingerprint density at radius 3 is 2.75 bits per heavy atom.